The molecule has 0 aliphatic heterocycles. The van der Waals surface area contributed by atoms with Gasteiger partial charge in [-0.3, -0.25) is 4.79 Å². The van der Waals surface area contributed by atoms with E-state index >= 15 is 0 Å². The van der Waals surface area contributed by atoms with E-state index in [0.29, 0.717) is 5.56 Å². The first-order valence-corrected chi connectivity index (χ1v) is 7.01. The molecular formula is C14H18BrNO2. The molecule has 98 valence electrons. The lowest BCUT2D eigenvalue weighted by molar-refractivity contribution is 0.0722. The molecule has 1 fully saturated rings. The van der Waals surface area contributed by atoms with E-state index in [-0.39, 0.29) is 18.1 Å². The lowest BCUT2D eigenvalue weighted by Gasteiger charge is -2.19. The van der Waals surface area contributed by atoms with Gasteiger partial charge in [0.2, 0.25) is 0 Å². The molecule has 0 saturated heterocycles. The zero-order valence-corrected chi connectivity index (χ0v) is 12.3. The third kappa shape index (κ3) is 2.93. The predicted molar refractivity (Wildman–Crippen MR) is 74.8 cm³/mol. The molecular weight excluding hydrogens is 294 g/mol. The second-order valence-electron chi connectivity index (χ2n) is 4.75. The fraction of sp³-hybridized carbons (Fsp3) is 0.500. The van der Waals surface area contributed by atoms with Crippen LogP contribution in [-0.2, 0) is 4.74 Å². The van der Waals surface area contributed by atoms with Gasteiger partial charge in [-0.1, -0.05) is 15.9 Å². The van der Waals surface area contributed by atoms with Gasteiger partial charge in [-0.2, -0.15) is 0 Å². The maximum Gasteiger partial charge on any atom is 0.251 e. The second-order valence-corrected chi connectivity index (χ2v) is 5.60. The highest BCUT2D eigenvalue weighted by Gasteiger charge is 2.28. The van der Waals surface area contributed by atoms with Gasteiger partial charge in [0.25, 0.3) is 5.91 Å². The third-order valence-corrected chi connectivity index (χ3v) is 4.38. The number of amides is 1. The van der Waals surface area contributed by atoms with Crippen LogP contribution in [-0.4, -0.2) is 25.2 Å². The van der Waals surface area contributed by atoms with E-state index in [0.717, 1.165) is 29.3 Å². The number of carbonyl (C=O) groups is 1. The molecule has 1 aliphatic rings. The lowest BCUT2D eigenvalue weighted by atomic mass is 10.1. The Morgan fingerprint density at radius 3 is 2.89 bits per heavy atom. The third-order valence-electron chi connectivity index (χ3n) is 3.49. The summed E-state index contributed by atoms with van der Waals surface area (Å²) in [6, 6.07) is 5.79. The topological polar surface area (TPSA) is 38.3 Å². The SMILES string of the molecule is COC1CCCC1NC(=O)c1ccc(Br)c(C)c1. The van der Waals surface area contributed by atoms with Crippen LogP contribution in [0.15, 0.2) is 22.7 Å². The van der Waals surface area contributed by atoms with E-state index in [4.69, 9.17) is 4.74 Å². The maximum absolute atomic E-state index is 12.1. The summed E-state index contributed by atoms with van der Waals surface area (Å²) in [7, 11) is 1.71. The quantitative estimate of drug-likeness (QED) is 0.931. The number of carbonyl (C=O) groups excluding carboxylic acids is 1. The minimum Gasteiger partial charge on any atom is -0.379 e. The molecule has 2 atom stereocenters. The molecule has 0 aromatic heterocycles. The summed E-state index contributed by atoms with van der Waals surface area (Å²) in [5.74, 6) is -0.0143. The Morgan fingerprint density at radius 2 is 2.22 bits per heavy atom. The largest absolute Gasteiger partial charge is 0.379 e. The average Bonchev–Trinajstić information content (AvgIpc) is 2.79. The summed E-state index contributed by atoms with van der Waals surface area (Å²) < 4.78 is 6.40. The Labute approximate surface area is 116 Å². The van der Waals surface area contributed by atoms with Crippen molar-refractivity contribution in [2.75, 3.05) is 7.11 Å². The van der Waals surface area contributed by atoms with E-state index in [2.05, 4.69) is 21.2 Å². The number of benzene rings is 1. The summed E-state index contributed by atoms with van der Waals surface area (Å²) in [5, 5.41) is 3.06. The smallest absolute Gasteiger partial charge is 0.251 e. The van der Waals surface area contributed by atoms with E-state index in [9.17, 15) is 4.79 Å². The molecule has 1 aliphatic carbocycles. The van der Waals surface area contributed by atoms with Crippen LogP contribution in [0.5, 0.6) is 0 Å². The number of halogens is 1. The first-order chi connectivity index (χ1) is 8.61. The molecule has 4 heteroatoms. The van der Waals surface area contributed by atoms with Crippen LogP contribution in [0.3, 0.4) is 0 Å². The van der Waals surface area contributed by atoms with E-state index in [1.807, 2.05) is 25.1 Å². The predicted octanol–water partition coefficient (Wildman–Crippen LogP) is 3.05. The van der Waals surface area contributed by atoms with Crippen LogP contribution in [0.25, 0.3) is 0 Å². The highest BCUT2D eigenvalue weighted by atomic mass is 79.9. The summed E-state index contributed by atoms with van der Waals surface area (Å²) >= 11 is 3.44. The Bertz CT molecular complexity index is 447. The molecule has 0 heterocycles. The highest BCUT2D eigenvalue weighted by Crippen LogP contribution is 2.22. The molecule has 0 radical (unpaired) electrons. The second kappa shape index (κ2) is 5.85. The van der Waals surface area contributed by atoms with Crippen LogP contribution in [0, 0.1) is 6.92 Å². The van der Waals surface area contributed by atoms with Gasteiger partial charge in [-0.05, 0) is 49.9 Å². The molecule has 2 rings (SSSR count). The van der Waals surface area contributed by atoms with Crippen molar-refractivity contribution >= 4 is 21.8 Å². The summed E-state index contributed by atoms with van der Waals surface area (Å²) in [6.45, 7) is 1.98. The van der Waals surface area contributed by atoms with Crippen LogP contribution in [0.2, 0.25) is 0 Å². The first kappa shape index (κ1) is 13.6. The molecule has 0 bridgehead atoms. The van der Waals surface area contributed by atoms with Gasteiger partial charge < -0.3 is 10.1 Å². The Balaban J connectivity index is 2.05. The molecule has 1 saturated carbocycles. The van der Waals surface area contributed by atoms with Crippen molar-refractivity contribution in [1.29, 1.82) is 0 Å². The Morgan fingerprint density at radius 1 is 1.44 bits per heavy atom. The van der Waals surface area contributed by atoms with Crippen LogP contribution >= 0.6 is 15.9 Å². The normalized spacial score (nSPS) is 23.1. The molecule has 1 aromatic carbocycles. The average molecular weight is 312 g/mol. The minimum atomic E-state index is -0.0143. The van der Waals surface area contributed by atoms with Crippen molar-refractivity contribution in [3.8, 4) is 0 Å². The van der Waals surface area contributed by atoms with Gasteiger partial charge in [-0.15, -0.1) is 0 Å². The van der Waals surface area contributed by atoms with Crippen molar-refractivity contribution in [1.82, 2.24) is 5.32 Å². The number of ether oxygens (including phenoxy) is 1. The summed E-state index contributed by atoms with van der Waals surface area (Å²) in [6.07, 6.45) is 3.30. The first-order valence-electron chi connectivity index (χ1n) is 6.21. The minimum absolute atomic E-state index is 0.0143. The standard InChI is InChI=1S/C14H18BrNO2/c1-9-8-10(6-7-11(9)15)14(17)16-12-4-3-5-13(12)18-2/h6-8,12-13H,3-5H2,1-2H3,(H,16,17). The number of hydrogen-bond donors (Lipinski definition) is 1. The molecule has 0 spiro atoms. The summed E-state index contributed by atoms with van der Waals surface area (Å²) in [4.78, 5) is 12.1. The molecule has 3 nitrogen and oxygen atoms in total. The fourth-order valence-electron chi connectivity index (χ4n) is 2.41. The van der Waals surface area contributed by atoms with Crippen molar-refractivity contribution in [3.05, 3.63) is 33.8 Å². The number of aryl methyl sites for hydroxylation is 1. The van der Waals surface area contributed by atoms with E-state index in [1.54, 1.807) is 7.11 Å². The number of methoxy groups -OCH3 is 1. The molecule has 1 amide bonds. The number of rotatable bonds is 3. The summed E-state index contributed by atoms with van der Waals surface area (Å²) in [5.41, 5.74) is 1.77. The monoisotopic (exact) mass is 311 g/mol. The zero-order chi connectivity index (χ0) is 13.1. The molecule has 1 aromatic rings. The Kier molecular flexibility index (Phi) is 4.40. The number of nitrogens with one attached hydrogen (secondary N) is 1. The highest BCUT2D eigenvalue weighted by molar-refractivity contribution is 9.10. The van der Waals surface area contributed by atoms with Crippen molar-refractivity contribution in [2.45, 2.75) is 38.3 Å². The molecule has 18 heavy (non-hydrogen) atoms. The zero-order valence-electron chi connectivity index (χ0n) is 10.7. The van der Waals surface area contributed by atoms with E-state index in [1.165, 1.54) is 0 Å². The van der Waals surface area contributed by atoms with Crippen molar-refractivity contribution in [2.24, 2.45) is 0 Å². The van der Waals surface area contributed by atoms with Gasteiger partial charge in [0.1, 0.15) is 0 Å². The maximum atomic E-state index is 12.1. The fourth-order valence-corrected chi connectivity index (χ4v) is 2.66. The lowest BCUT2D eigenvalue weighted by Crippen LogP contribution is -2.40. The molecule has 2 unspecified atom stereocenters. The van der Waals surface area contributed by atoms with Gasteiger partial charge in [0, 0.05) is 17.1 Å². The Hall–Kier alpha value is -0.870. The van der Waals surface area contributed by atoms with E-state index < -0.39 is 0 Å². The van der Waals surface area contributed by atoms with Crippen molar-refractivity contribution < 1.29 is 9.53 Å². The van der Waals surface area contributed by atoms with Crippen molar-refractivity contribution in [3.63, 3.8) is 0 Å². The van der Waals surface area contributed by atoms with Gasteiger partial charge in [0.05, 0.1) is 12.1 Å². The van der Waals surface area contributed by atoms with Gasteiger partial charge >= 0.3 is 0 Å². The van der Waals surface area contributed by atoms with Crippen LogP contribution in [0.1, 0.15) is 35.2 Å². The molecule has 1 N–H and O–H groups in total. The van der Waals surface area contributed by atoms with Gasteiger partial charge in [-0.25, -0.2) is 0 Å². The van der Waals surface area contributed by atoms with Crippen LogP contribution < -0.4 is 5.32 Å². The number of hydrogen-bond acceptors (Lipinski definition) is 2. The van der Waals surface area contributed by atoms with Gasteiger partial charge in [0.15, 0.2) is 0 Å². The van der Waals surface area contributed by atoms with Crippen LogP contribution in [0.4, 0.5) is 0 Å².